The first-order valence-electron chi connectivity index (χ1n) is 10.3. The van der Waals surface area contributed by atoms with Crippen LogP contribution in [0.3, 0.4) is 0 Å². The van der Waals surface area contributed by atoms with E-state index >= 15 is 0 Å². The van der Waals surface area contributed by atoms with Crippen LogP contribution >= 0.6 is 11.8 Å². The second kappa shape index (κ2) is 9.59. The van der Waals surface area contributed by atoms with Crippen molar-refractivity contribution in [2.45, 2.75) is 80.8 Å². The van der Waals surface area contributed by atoms with Crippen molar-refractivity contribution in [1.82, 2.24) is 14.2 Å². The predicted octanol–water partition coefficient (Wildman–Crippen LogP) is 3.53. The molecule has 0 atom stereocenters. The lowest BCUT2D eigenvalue weighted by molar-refractivity contribution is -0.133. The van der Waals surface area contributed by atoms with Crippen molar-refractivity contribution in [2.75, 3.05) is 18.8 Å². The summed E-state index contributed by atoms with van der Waals surface area (Å²) >= 11 is 1.38. The van der Waals surface area contributed by atoms with Crippen molar-refractivity contribution in [3.63, 3.8) is 0 Å². The SMILES string of the molecule is CC(C)N(C(=O)CSc1ccc(S(=O)(=O)N2CCCC2)cn1)C1CCCCC1. The number of thioether (sulfide) groups is 1. The van der Waals surface area contributed by atoms with Gasteiger partial charge in [0.15, 0.2) is 0 Å². The van der Waals surface area contributed by atoms with E-state index < -0.39 is 10.0 Å². The van der Waals surface area contributed by atoms with E-state index in [9.17, 15) is 13.2 Å². The second-order valence-corrected chi connectivity index (χ2v) is 10.9. The molecule has 1 aliphatic heterocycles. The first kappa shape index (κ1) is 21.6. The van der Waals surface area contributed by atoms with Gasteiger partial charge in [-0.3, -0.25) is 4.79 Å². The molecule has 0 radical (unpaired) electrons. The molecule has 2 fully saturated rings. The van der Waals surface area contributed by atoms with E-state index in [1.54, 1.807) is 12.1 Å². The molecule has 2 heterocycles. The smallest absolute Gasteiger partial charge is 0.244 e. The molecule has 1 aromatic heterocycles. The Morgan fingerprint density at radius 3 is 2.43 bits per heavy atom. The summed E-state index contributed by atoms with van der Waals surface area (Å²) in [4.78, 5) is 19.4. The van der Waals surface area contributed by atoms with Crippen LogP contribution in [0.15, 0.2) is 28.3 Å². The summed E-state index contributed by atoms with van der Waals surface area (Å²) in [5, 5.41) is 0.682. The third-order valence-corrected chi connectivity index (χ3v) is 8.38. The molecule has 0 N–H and O–H groups in total. The van der Waals surface area contributed by atoms with Crippen molar-refractivity contribution in [1.29, 1.82) is 0 Å². The van der Waals surface area contributed by atoms with Crippen molar-refractivity contribution in [3.05, 3.63) is 18.3 Å². The zero-order valence-corrected chi connectivity index (χ0v) is 18.5. The van der Waals surface area contributed by atoms with Crippen LogP contribution in [0, 0.1) is 0 Å². The summed E-state index contributed by atoms with van der Waals surface area (Å²) in [6.07, 6.45) is 9.09. The predicted molar refractivity (Wildman–Crippen MR) is 112 cm³/mol. The number of rotatable bonds is 7. The fraction of sp³-hybridized carbons (Fsp3) is 0.700. The van der Waals surface area contributed by atoms with Gasteiger partial charge in [0, 0.05) is 31.4 Å². The molecule has 1 amide bonds. The largest absolute Gasteiger partial charge is 0.337 e. The third kappa shape index (κ3) is 5.07. The van der Waals surface area contributed by atoms with Gasteiger partial charge in [-0.15, -0.1) is 0 Å². The number of hydrogen-bond donors (Lipinski definition) is 0. The lowest BCUT2D eigenvalue weighted by atomic mass is 9.93. The Morgan fingerprint density at radius 1 is 1.18 bits per heavy atom. The number of hydrogen-bond acceptors (Lipinski definition) is 5. The van der Waals surface area contributed by atoms with E-state index in [1.165, 1.54) is 41.5 Å². The molecule has 1 saturated heterocycles. The summed E-state index contributed by atoms with van der Waals surface area (Å²) in [6.45, 7) is 5.32. The van der Waals surface area contributed by atoms with E-state index in [4.69, 9.17) is 0 Å². The number of pyridine rings is 1. The van der Waals surface area contributed by atoms with E-state index in [0.717, 1.165) is 25.7 Å². The highest BCUT2D eigenvalue weighted by Crippen LogP contribution is 2.26. The lowest BCUT2D eigenvalue weighted by Gasteiger charge is -2.37. The van der Waals surface area contributed by atoms with Crippen LogP contribution < -0.4 is 0 Å². The zero-order valence-electron chi connectivity index (χ0n) is 16.8. The zero-order chi connectivity index (χ0) is 20.1. The van der Waals surface area contributed by atoms with Crippen molar-refractivity contribution in [2.24, 2.45) is 0 Å². The molecule has 0 aromatic carbocycles. The first-order valence-corrected chi connectivity index (χ1v) is 12.7. The quantitative estimate of drug-likeness (QED) is 0.625. The van der Waals surface area contributed by atoms with Crippen LogP contribution in [-0.2, 0) is 14.8 Å². The van der Waals surface area contributed by atoms with Gasteiger partial charge >= 0.3 is 0 Å². The molecule has 28 heavy (non-hydrogen) atoms. The average molecular weight is 426 g/mol. The Labute approximate surface area is 173 Å². The molecule has 156 valence electrons. The Balaban J connectivity index is 1.60. The van der Waals surface area contributed by atoms with Crippen molar-refractivity contribution < 1.29 is 13.2 Å². The molecule has 8 heteroatoms. The Bertz CT molecular complexity index is 753. The molecular formula is C20H31N3O3S2. The normalized spacial score (nSPS) is 19.2. The van der Waals surface area contributed by atoms with Gasteiger partial charge in [0.2, 0.25) is 15.9 Å². The fourth-order valence-electron chi connectivity index (χ4n) is 4.16. The summed E-state index contributed by atoms with van der Waals surface area (Å²) in [7, 11) is -3.44. The van der Waals surface area contributed by atoms with Crippen LogP contribution in [0.4, 0.5) is 0 Å². The van der Waals surface area contributed by atoms with Crippen molar-refractivity contribution >= 4 is 27.7 Å². The summed E-state index contributed by atoms with van der Waals surface area (Å²) in [6, 6.07) is 3.86. The Hall–Kier alpha value is -1.12. The first-order chi connectivity index (χ1) is 13.4. The third-order valence-electron chi connectivity index (χ3n) is 5.57. The van der Waals surface area contributed by atoms with Gasteiger partial charge in [0.1, 0.15) is 4.90 Å². The van der Waals surface area contributed by atoms with Crippen LogP contribution in [0.1, 0.15) is 58.8 Å². The lowest BCUT2D eigenvalue weighted by Crippen LogP contribution is -2.46. The summed E-state index contributed by atoms with van der Waals surface area (Å²) in [5.41, 5.74) is 0. The van der Waals surface area contributed by atoms with Crippen LogP contribution in [0.25, 0.3) is 0 Å². The maximum absolute atomic E-state index is 12.8. The number of carbonyl (C=O) groups is 1. The molecule has 1 aliphatic carbocycles. The summed E-state index contributed by atoms with van der Waals surface area (Å²) < 4.78 is 26.7. The van der Waals surface area contributed by atoms with Gasteiger partial charge in [0.25, 0.3) is 0 Å². The average Bonchev–Trinajstić information content (AvgIpc) is 3.23. The number of aromatic nitrogens is 1. The Morgan fingerprint density at radius 2 is 1.86 bits per heavy atom. The molecular weight excluding hydrogens is 394 g/mol. The number of nitrogens with zero attached hydrogens (tertiary/aromatic N) is 3. The molecule has 0 unspecified atom stereocenters. The maximum atomic E-state index is 12.8. The highest BCUT2D eigenvalue weighted by molar-refractivity contribution is 7.99. The van der Waals surface area contributed by atoms with E-state index in [-0.39, 0.29) is 16.8 Å². The topological polar surface area (TPSA) is 70.6 Å². The minimum atomic E-state index is -3.44. The maximum Gasteiger partial charge on any atom is 0.244 e. The molecule has 1 aromatic rings. The monoisotopic (exact) mass is 425 g/mol. The standard InChI is InChI=1S/C20H31N3O3S2/c1-16(2)23(17-8-4-3-5-9-17)20(24)15-27-19-11-10-18(14-21-19)28(25,26)22-12-6-7-13-22/h10-11,14,16-17H,3-9,12-13,15H2,1-2H3. The Kier molecular flexibility index (Phi) is 7.39. The van der Waals surface area contributed by atoms with Crippen LogP contribution in [0.5, 0.6) is 0 Å². The van der Waals surface area contributed by atoms with Crippen molar-refractivity contribution in [3.8, 4) is 0 Å². The fourth-order valence-corrected chi connectivity index (χ4v) is 6.34. The molecule has 0 spiro atoms. The van der Waals surface area contributed by atoms with Gasteiger partial charge < -0.3 is 4.90 Å². The van der Waals surface area contributed by atoms with E-state index in [2.05, 4.69) is 18.8 Å². The second-order valence-electron chi connectivity index (χ2n) is 7.92. The number of carbonyl (C=O) groups excluding carboxylic acids is 1. The van der Waals surface area contributed by atoms with Gasteiger partial charge in [-0.05, 0) is 51.7 Å². The molecule has 2 aliphatic rings. The van der Waals surface area contributed by atoms with Crippen LogP contribution in [-0.4, -0.2) is 59.4 Å². The molecule has 6 nitrogen and oxygen atoms in total. The molecule has 1 saturated carbocycles. The minimum absolute atomic E-state index is 0.141. The van der Waals surface area contributed by atoms with Gasteiger partial charge in [-0.2, -0.15) is 4.31 Å². The highest BCUT2D eigenvalue weighted by Gasteiger charge is 2.29. The number of amides is 1. The minimum Gasteiger partial charge on any atom is -0.337 e. The van der Waals surface area contributed by atoms with Crippen LogP contribution in [0.2, 0.25) is 0 Å². The van der Waals surface area contributed by atoms with Gasteiger partial charge in [0.05, 0.1) is 10.8 Å². The highest BCUT2D eigenvalue weighted by atomic mass is 32.2. The van der Waals surface area contributed by atoms with E-state index in [1.807, 2.05) is 4.90 Å². The summed E-state index contributed by atoms with van der Waals surface area (Å²) in [5.74, 6) is 0.474. The van der Waals surface area contributed by atoms with E-state index in [0.29, 0.717) is 29.9 Å². The molecule has 0 bridgehead atoms. The van der Waals surface area contributed by atoms with Gasteiger partial charge in [-0.25, -0.2) is 13.4 Å². The van der Waals surface area contributed by atoms with Gasteiger partial charge in [-0.1, -0.05) is 31.0 Å². The number of sulfonamides is 1. The molecule has 3 rings (SSSR count).